The third-order valence-corrected chi connectivity index (χ3v) is 6.87. The lowest BCUT2D eigenvalue weighted by molar-refractivity contribution is -0.140. The Hall–Kier alpha value is -3.20. The maximum atomic E-state index is 14.3. The highest BCUT2D eigenvalue weighted by Gasteiger charge is 2.59. The molecule has 1 amide bonds. The first kappa shape index (κ1) is 23.0. The summed E-state index contributed by atoms with van der Waals surface area (Å²) in [4.78, 5) is 28.3. The van der Waals surface area contributed by atoms with E-state index in [0.717, 1.165) is 18.3 Å². The fourth-order valence-corrected chi connectivity index (χ4v) is 4.97. The van der Waals surface area contributed by atoms with Crippen LogP contribution in [0, 0.1) is 0 Å². The first-order valence-corrected chi connectivity index (χ1v) is 11.1. The van der Waals surface area contributed by atoms with E-state index in [1.807, 2.05) is 0 Å². The number of ether oxygens (including phenoxy) is 1. The predicted octanol–water partition coefficient (Wildman–Crippen LogP) is 0.0944. The zero-order valence-corrected chi connectivity index (χ0v) is 17.6. The molecule has 0 aliphatic carbocycles. The number of aromatic nitrogens is 2. The monoisotopic (exact) mass is 484 g/mol. The van der Waals surface area contributed by atoms with Gasteiger partial charge in [0.05, 0.1) is 22.9 Å². The molecule has 1 fully saturated rings. The van der Waals surface area contributed by atoms with Crippen LogP contribution >= 0.6 is 0 Å². The molecule has 3 heterocycles. The molecule has 1 aromatic carbocycles. The highest BCUT2D eigenvalue weighted by Crippen LogP contribution is 2.42. The number of fused-ring (bicyclic) bond motifs is 1. The van der Waals surface area contributed by atoms with E-state index in [0.29, 0.717) is 10.3 Å². The van der Waals surface area contributed by atoms with Crippen molar-refractivity contribution in [2.75, 3.05) is 23.0 Å². The number of carbonyl (C=O) groups is 1. The number of aliphatic hydroxyl groups excluding tert-OH is 2. The number of hydrogen-bond acceptors (Lipinski definition) is 9. The van der Waals surface area contributed by atoms with Gasteiger partial charge in [-0.2, -0.15) is 13.8 Å². The molecular formula is C19H18F2N4O7S. The molecule has 1 unspecified atom stereocenters. The first-order valence-electron chi connectivity index (χ1n) is 9.48. The van der Waals surface area contributed by atoms with E-state index in [4.69, 9.17) is 9.84 Å². The highest BCUT2D eigenvalue weighted by atomic mass is 32.2. The summed E-state index contributed by atoms with van der Waals surface area (Å²) in [6, 6.07) is 4.95. The SMILES string of the molecule is C=C1CS(=O)(=O)c2cc(C(=O)Nc3ccn(C4O[C@H](CO)[C@@H](O)C4(F)F)c(=O)n3)ccc2N1. The van der Waals surface area contributed by atoms with Gasteiger partial charge in [-0.25, -0.2) is 13.2 Å². The molecule has 3 atom stereocenters. The zero-order chi connectivity index (χ0) is 24.1. The van der Waals surface area contributed by atoms with Crippen LogP contribution in [0.15, 0.2) is 52.4 Å². The Kier molecular flexibility index (Phi) is 5.56. The van der Waals surface area contributed by atoms with Gasteiger partial charge in [0, 0.05) is 17.5 Å². The summed E-state index contributed by atoms with van der Waals surface area (Å²) in [6.07, 6.45) is -5.24. The first-order chi connectivity index (χ1) is 15.4. The fourth-order valence-electron chi connectivity index (χ4n) is 3.53. The molecular weight excluding hydrogens is 466 g/mol. The van der Waals surface area contributed by atoms with Gasteiger partial charge in [-0.15, -0.1) is 0 Å². The van der Waals surface area contributed by atoms with Gasteiger partial charge >= 0.3 is 11.6 Å². The van der Waals surface area contributed by atoms with E-state index in [9.17, 15) is 31.9 Å². The van der Waals surface area contributed by atoms with Gasteiger partial charge in [0.15, 0.2) is 15.9 Å². The number of carbonyl (C=O) groups excluding carboxylic acids is 1. The number of nitrogens with zero attached hydrogens (tertiary/aromatic N) is 2. The molecule has 0 bridgehead atoms. The van der Waals surface area contributed by atoms with Crippen LogP contribution in [-0.4, -0.2) is 64.6 Å². The lowest BCUT2D eigenvalue weighted by atomic mass is 10.1. The van der Waals surface area contributed by atoms with Gasteiger partial charge in [0.1, 0.15) is 11.9 Å². The van der Waals surface area contributed by atoms with Crippen LogP contribution in [0.2, 0.25) is 0 Å². The van der Waals surface area contributed by atoms with E-state index in [2.05, 4.69) is 22.2 Å². The van der Waals surface area contributed by atoms with Crippen molar-refractivity contribution in [2.24, 2.45) is 0 Å². The second-order valence-electron chi connectivity index (χ2n) is 7.48. The Morgan fingerprint density at radius 2 is 2.12 bits per heavy atom. The number of hydrogen-bond donors (Lipinski definition) is 4. The summed E-state index contributed by atoms with van der Waals surface area (Å²) >= 11 is 0. The molecule has 0 radical (unpaired) electrons. The Bertz CT molecular complexity index is 1310. The fraction of sp³-hybridized carbons (Fsp3) is 0.316. The highest BCUT2D eigenvalue weighted by molar-refractivity contribution is 7.91. The van der Waals surface area contributed by atoms with Crippen molar-refractivity contribution >= 4 is 27.2 Å². The van der Waals surface area contributed by atoms with Gasteiger partial charge in [0.25, 0.3) is 5.91 Å². The smallest absolute Gasteiger partial charge is 0.351 e. The number of halogens is 2. The van der Waals surface area contributed by atoms with Crippen molar-refractivity contribution in [2.45, 2.75) is 29.3 Å². The van der Waals surface area contributed by atoms with Crippen molar-refractivity contribution in [3.63, 3.8) is 0 Å². The molecule has 176 valence electrons. The lowest BCUT2D eigenvalue weighted by Gasteiger charge is -2.21. The average molecular weight is 484 g/mol. The largest absolute Gasteiger partial charge is 0.394 e. The molecule has 0 spiro atoms. The Morgan fingerprint density at radius 1 is 1.39 bits per heavy atom. The van der Waals surface area contributed by atoms with Crippen molar-refractivity contribution < 1.29 is 36.9 Å². The maximum Gasteiger partial charge on any atom is 0.351 e. The van der Waals surface area contributed by atoms with Crippen LogP contribution in [-0.2, 0) is 14.6 Å². The van der Waals surface area contributed by atoms with Crippen LogP contribution in [0.25, 0.3) is 0 Å². The number of benzene rings is 1. The lowest BCUT2D eigenvalue weighted by Crippen LogP contribution is -2.41. The molecule has 2 aliphatic heterocycles. The number of aliphatic hydroxyl groups is 2. The van der Waals surface area contributed by atoms with Crippen molar-refractivity contribution in [3.05, 3.63) is 58.8 Å². The summed E-state index contributed by atoms with van der Waals surface area (Å²) in [6.45, 7) is 2.71. The molecule has 0 saturated carbocycles. The van der Waals surface area contributed by atoms with Crippen LogP contribution in [0.3, 0.4) is 0 Å². The quantitative estimate of drug-likeness (QED) is 0.472. The zero-order valence-electron chi connectivity index (χ0n) is 16.7. The van der Waals surface area contributed by atoms with Crippen LogP contribution in [0.5, 0.6) is 0 Å². The summed E-state index contributed by atoms with van der Waals surface area (Å²) in [7, 11) is -3.70. The minimum atomic E-state index is -3.88. The molecule has 1 saturated heterocycles. The van der Waals surface area contributed by atoms with Crippen LogP contribution in [0.4, 0.5) is 20.3 Å². The standard InChI is InChI=1S/C19H18F2N4O7S/c1-9-8-33(30,31)13-6-10(2-3-11(13)22-9)16(28)23-14-4-5-25(18(29)24-14)17-19(20,21)15(27)12(7-26)32-17/h2-6,12,15,17,22,26-27H,1,7-8H2,(H,23,24,28,29)/t12-,15-,17?/m1/s1. The molecule has 2 aliphatic rings. The number of rotatable bonds is 4. The molecule has 33 heavy (non-hydrogen) atoms. The summed E-state index contributed by atoms with van der Waals surface area (Å²) in [5, 5.41) is 23.8. The minimum Gasteiger partial charge on any atom is -0.394 e. The molecule has 11 nitrogen and oxygen atoms in total. The van der Waals surface area contributed by atoms with E-state index in [1.165, 1.54) is 12.1 Å². The second-order valence-corrected chi connectivity index (χ2v) is 9.44. The molecule has 1 aromatic heterocycles. The van der Waals surface area contributed by atoms with E-state index < -0.39 is 52.4 Å². The average Bonchev–Trinajstić information content (AvgIpc) is 2.96. The topological polar surface area (TPSA) is 160 Å². The van der Waals surface area contributed by atoms with E-state index >= 15 is 0 Å². The van der Waals surface area contributed by atoms with Gasteiger partial charge in [-0.3, -0.25) is 9.36 Å². The number of anilines is 2. The van der Waals surface area contributed by atoms with Crippen LogP contribution < -0.4 is 16.3 Å². The number of amides is 1. The predicted molar refractivity (Wildman–Crippen MR) is 110 cm³/mol. The summed E-state index contributed by atoms with van der Waals surface area (Å²) in [5.41, 5.74) is -0.695. The number of nitrogens with one attached hydrogen (secondary N) is 2. The third kappa shape index (κ3) is 4.01. The van der Waals surface area contributed by atoms with Gasteiger partial charge in [-0.05, 0) is 24.3 Å². The molecule has 14 heteroatoms. The Morgan fingerprint density at radius 3 is 2.76 bits per heavy atom. The summed E-state index contributed by atoms with van der Waals surface area (Å²) in [5.74, 6) is -5.28. The van der Waals surface area contributed by atoms with Gasteiger partial charge in [0.2, 0.25) is 6.23 Å². The summed E-state index contributed by atoms with van der Waals surface area (Å²) < 4.78 is 58.5. The second kappa shape index (κ2) is 7.98. The third-order valence-electron chi connectivity index (χ3n) is 5.14. The van der Waals surface area contributed by atoms with E-state index in [1.54, 1.807) is 0 Å². The van der Waals surface area contributed by atoms with Crippen molar-refractivity contribution in [1.82, 2.24) is 9.55 Å². The Labute approximate surface area is 185 Å². The minimum absolute atomic E-state index is 0.0443. The number of alkyl halides is 2. The molecule has 2 aromatic rings. The van der Waals surface area contributed by atoms with Gasteiger partial charge in [-0.1, -0.05) is 6.58 Å². The Balaban J connectivity index is 1.57. The number of sulfone groups is 1. The van der Waals surface area contributed by atoms with Crippen molar-refractivity contribution in [3.8, 4) is 0 Å². The van der Waals surface area contributed by atoms with Gasteiger partial charge < -0.3 is 25.6 Å². The normalized spacial score (nSPS) is 25.2. The molecule has 4 rings (SSSR count). The van der Waals surface area contributed by atoms with Crippen molar-refractivity contribution in [1.29, 1.82) is 0 Å². The van der Waals surface area contributed by atoms with Crippen LogP contribution in [0.1, 0.15) is 16.6 Å². The maximum absolute atomic E-state index is 14.3. The molecule has 4 N–H and O–H groups in total. The van der Waals surface area contributed by atoms with E-state index in [-0.39, 0.29) is 27.7 Å².